The molecule has 0 N–H and O–H groups in total. The predicted molar refractivity (Wildman–Crippen MR) is 39.8 cm³/mol. The fraction of sp³-hybridized carbons (Fsp3) is 0. The van der Waals surface area contributed by atoms with Crippen molar-refractivity contribution in [1.29, 1.82) is 0 Å². The molecule has 0 aliphatic carbocycles. The summed E-state index contributed by atoms with van der Waals surface area (Å²) in [6.07, 6.45) is 0. The van der Waals surface area contributed by atoms with Crippen molar-refractivity contribution < 1.29 is 19.1 Å². The molecule has 0 unspecified atom stereocenters. The highest BCUT2D eigenvalue weighted by atomic mass is 16.5. The molecule has 0 aliphatic heterocycles. The molecular formula is C8H6O4. The SMILES string of the molecule is O=COc1ccc(OC=O)cc1. The van der Waals surface area contributed by atoms with Gasteiger partial charge in [0, 0.05) is 0 Å². The summed E-state index contributed by atoms with van der Waals surface area (Å²) in [5.74, 6) is 0.812. The molecule has 0 amide bonds. The Kier molecular flexibility index (Phi) is 2.84. The van der Waals surface area contributed by atoms with E-state index in [1.165, 1.54) is 24.3 Å². The van der Waals surface area contributed by atoms with Crippen LogP contribution in [0.2, 0.25) is 0 Å². The molecule has 0 spiro atoms. The monoisotopic (exact) mass is 166 g/mol. The van der Waals surface area contributed by atoms with Gasteiger partial charge in [0.25, 0.3) is 12.9 Å². The molecule has 0 atom stereocenters. The van der Waals surface area contributed by atoms with E-state index in [-0.39, 0.29) is 0 Å². The normalized spacial score (nSPS) is 8.67. The summed E-state index contributed by atoms with van der Waals surface area (Å²) in [5.41, 5.74) is 0. The summed E-state index contributed by atoms with van der Waals surface area (Å²) in [7, 11) is 0. The Balaban J connectivity index is 2.70. The average Bonchev–Trinajstić information content (AvgIpc) is 2.09. The van der Waals surface area contributed by atoms with Gasteiger partial charge in [-0.3, -0.25) is 9.59 Å². The molecule has 12 heavy (non-hydrogen) atoms. The van der Waals surface area contributed by atoms with Crippen molar-refractivity contribution in [3.05, 3.63) is 24.3 Å². The number of carbonyl (C=O) groups excluding carboxylic acids is 2. The van der Waals surface area contributed by atoms with Gasteiger partial charge < -0.3 is 9.47 Å². The van der Waals surface area contributed by atoms with Crippen LogP contribution in [-0.2, 0) is 9.59 Å². The van der Waals surface area contributed by atoms with Gasteiger partial charge in [-0.15, -0.1) is 0 Å². The van der Waals surface area contributed by atoms with Crippen LogP contribution < -0.4 is 9.47 Å². The highest BCUT2D eigenvalue weighted by Gasteiger charge is 1.93. The minimum Gasteiger partial charge on any atom is -0.429 e. The van der Waals surface area contributed by atoms with Crippen LogP contribution in [0, 0.1) is 0 Å². The Bertz CT molecular complexity index is 236. The molecule has 1 aromatic carbocycles. The minimum absolute atomic E-state index is 0.329. The number of ether oxygens (including phenoxy) is 2. The number of carbonyl (C=O) groups is 2. The van der Waals surface area contributed by atoms with E-state index in [2.05, 4.69) is 9.47 Å². The molecule has 1 rings (SSSR count). The van der Waals surface area contributed by atoms with Crippen LogP contribution in [0.15, 0.2) is 24.3 Å². The molecule has 0 heterocycles. The maximum atomic E-state index is 9.88. The third kappa shape index (κ3) is 2.09. The quantitative estimate of drug-likeness (QED) is 0.619. The van der Waals surface area contributed by atoms with E-state index in [1.807, 2.05) is 0 Å². The van der Waals surface area contributed by atoms with Crippen molar-refractivity contribution in [2.45, 2.75) is 0 Å². The largest absolute Gasteiger partial charge is 0.429 e. The molecule has 0 bridgehead atoms. The lowest BCUT2D eigenvalue weighted by molar-refractivity contribution is -0.121. The maximum Gasteiger partial charge on any atom is 0.298 e. The molecule has 0 radical (unpaired) electrons. The van der Waals surface area contributed by atoms with E-state index in [4.69, 9.17) is 0 Å². The summed E-state index contributed by atoms with van der Waals surface area (Å²) >= 11 is 0. The molecule has 1 aromatic rings. The second kappa shape index (κ2) is 4.12. The molecule has 0 aliphatic rings. The van der Waals surface area contributed by atoms with Crippen molar-refractivity contribution in [3.8, 4) is 11.5 Å². The second-order valence-corrected chi connectivity index (χ2v) is 1.90. The summed E-state index contributed by atoms with van der Waals surface area (Å²) in [4.78, 5) is 19.8. The first-order valence-corrected chi connectivity index (χ1v) is 3.17. The highest BCUT2D eigenvalue weighted by molar-refractivity contribution is 5.48. The van der Waals surface area contributed by atoms with Crippen LogP contribution in [0.3, 0.4) is 0 Å². The van der Waals surface area contributed by atoms with Crippen LogP contribution in [-0.4, -0.2) is 12.9 Å². The van der Waals surface area contributed by atoms with Gasteiger partial charge in [-0.1, -0.05) is 0 Å². The molecule has 0 fully saturated rings. The number of hydrogen-bond acceptors (Lipinski definition) is 4. The van der Waals surface area contributed by atoms with E-state index in [0.29, 0.717) is 24.4 Å². The zero-order chi connectivity index (χ0) is 8.81. The molecule has 4 nitrogen and oxygen atoms in total. The Labute approximate surface area is 68.7 Å². The van der Waals surface area contributed by atoms with E-state index < -0.39 is 0 Å². The van der Waals surface area contributed by atoms with Gasteiger partial charge in [0.05, 0.1) is 0 Å². The van der Waals surface area contributed by atoms with Gasteiger partial charge >= 0.3 is 0 Å². The third-order valence-corrected chi connectivity index (χ3v) is 1.19. The van der Waals surface area contributed by atoms with Crippen molar-refractivity contribution in [2.24, 2.45) is 0 Å². The first kappa shape index (κ1) is 8.26. The molecule has 62 valence electrons. The summed E-state index contributed by atoms with van der Waals surface area (Å²) in [5, 5.41) is 0. The van der Waals surface area contributed by atoms with Gasteiger partial charge in [-0.25, -0.2) is 0 Å². The smallest absolute Gasteiger partial charge is 0.298 e. The van der Waals surface area contributed by atoms with Crippen LogP contribution in [0.25, 0.3) is 0 Å². The lowest BCUT2D eigenvalue weighted by Gasteiger charge is -1.98. The second-order valence-electron chi connectivity index (χ2n) is 1.90. The standard InChI is InChI=1S/C8H6O4/c9-5-11-7-1-2-8(4-3-7)12-6-10/h1-6H. The van der Waals surface area contributed by atoms with Gasteiger partial charge in [0.15, 0.2) is 0 Å². The minimum atomic E-state index is 0.329. The summed E-state index contributed by atoms with van der Waals surface area (Å²) in [6, 6.07) is 6.08. The van der Waals surface area contributed by atoms with Crippen molar-refractivity contribution >= 4 is 12.9 Å². The van der Waals surface area contributed by atoms with Gasteiger partial charge in [-0.2, -0.15) is 0 Å². The number of rotatable bonds is 4. The van der Waals surface area contributed by atoms with Gasteiger partial charge in [0.1, 0.15) is 11.5 Å². The van der Waals surface area contributed by atoms with Crippen LogP contribution >= 0.6 is 0 Å². The first-order valence-electron chi connectivity index (χ1n) is 3.17. The number of hydrogen-bond donors (Lipinski definition) is 0. The number of benzene rings is 1. The zero-order valence-electron chi connectivity index (χ0n) is 6.10. The first-order chi connectivity index (χ1) is 5.86. The lowest BCUT2D eigenvalue weighted by Crippen LogP contribution is -1.90. The predicted octanol–water partition coefficient (Wildman–Crippen LogP) is 0.757. The Hall–Kier alpha value is -1.84. The third-order valence-electron chi connectivity index (χ3n) is 1.19. The van der Waals surface area contributed by atoms with E-state index in [0.717, 1.165) is 0 Å². The Morgan fingerprint density at radius 1 is 0.833 bits per heavy atom. The van der Waals surface area contributed by atoms with E-state index in [9.17, 15) is 9.59 Å². The fourth-order valence-electron chi connectivity index (χ4n) is 0.708. The topological polar surface area (TPSA) is 52.6 Å². The van der Waals surface area contributed by atoms with E-state index >= 15 is 0 Å². The summed E-state index contributed by atoms with van der Waals surface area (Å²) < 4.78 is 9.03. The van der Waals surface area contributed by atoms with Crippen molar-refractivity contribution in [3.63, 3.8) is 0 Å². The Morgan fingerprint density at radius 3 is 1.42 bits per heavy atom. The molecule has 0 aromatic heterocycles. The lowest BCUT2D eigenvalue weighted by atomic mass is 10.3. The van der Waals surface area contributed by atoms with Crippen molar-refractivity contribution in [1.82, 2.24) is 0 Å². The molecule has 4 heteroatoms. The van der Waals surface area contributed by atoms with E-state index in [1.54, 1.807) is 0 Å². The molecular weight excluding hydrogens is 160 g/mol. The highest BCUT2D eigenvalue weighted by Crippen LogP contribution is 2.16. The summed E-state index contributed by atoms with van der Waals surface area (Å²) in [6.45, 7) is 0.658. The zero-order valence-corrected chi connectivity index (χ0v) is 6.10. The van der Waals surface area contributed by atoms with Crippen LogP contribution in [0.1, 0.15) is 0 Å². The fourth-order valence-corrected chi connectivity index (χ4v) is 0.708. The molecule has 0 saturated carbocycles. The average molecular weight is 166 g/mol. The van der Waals surface area contributed by atoms with Crippen LogP contribution in [0.4, 0.5) is 0 Å². The Morgan fingerprint density at radius 2 is 1.17 bits per heavy atom. The van der Waals surface area contributed by atoms with Gasteiger partial charge in [-0.05, 0) is 24.3 Å². The van der Waals surface area contributed by atoms with Crippen molar-refractivity contribution in [2.75, 3.05) is 0 Å². The maximum absolute atomic E-state index is 9.88. The van der Waals surface area contributed by atoms with Crippen LogP contribution in [0.5, 0.6) is 11.5 Å². The van der Waals surface area contributed by atoms with Gasteiger partial charge in [0.2, 0.25) is 0 Å². The molecule has 0 saturated heterocycles.